The number of hydrogen-bond donors (Lipinski definition) is 2. The average molecular weight is 408 g/mol. The van der Waals surface area contributed by atoms with Gasteiger partial charge in [-0.25, -0.2) is 13.1 Å². The highest BCUT2D eigenvalue weighted by molar-refractivity contribution is 7.89. The van der Waals surface area contributed by atoms with E-state index in [-0.39, 0.29) is 10.8 Å². The van der Waals surface area contributed by atoms with Crippen molar-refractivity contribution in [2.24, 2.45) is 11.8 Å². The molecule has 2 aliphatic rings. The fraction of sp³-hybridized carbons (Fsp3) is 0.667. The molecule has 1 saturated carbocycles. The largest absolute Gasteiger partial charge is 0.352 e. The van der Waals surface area contributed by atoms with E-state index in [4.69, 9.17) is 0 Å². The predicted octanol–water partition coefficient (Wildman–Crippen LogP) is 2.62. The summed E-state index contributed by atoms with van der Waals surface area (Å²) in [6, 6.07) is 6.27. The second-order valence-electron chi connectivity index (χ2n) is 8.31. The molecule has 0 radical (unpaired) electrons. The zero-order chi connectivity index (χ0) is 20.0. The Morgan fingerprint density at radius 1 is 1.14 bits per heavy atom. The van der Waals surface area contributed by atoms with E-state index in [1.807, 2.05) is 0 Å². The number of carbonyl (C=O) groups is 1. The summed E-state index contributed by atoms with van der Waals surface area (Å²) in [4.78, 5) is 15.0. The molecule has 0 spiro atoms. The van der Waals surface area contributed by atoms with Crippen molar-refractivity contribution in [1.82, 2.24) is 14.9 Å². The molecular formula is C21H33N3O3S. The third-order valence-electron chi connectivity index (χ3n) is 5.73. The fourth-order valence-electron chi connectivity index (χ4n) is 3.49. The van der Waals surface area contributed by atoms with Gasteiger partial charge < -0.3 is 10.2 Å². The Morgan fingerprint density at radius 2 is 1.89 bits per heavy atom. The van der Waals surface area contributed by atoms with Crippen LogP contribution in [-0.2, 0) is 10.0 Å². The first-order valence-electron chi connectivity index (χ1n) is 10.5. The summed E-state index contributed by atoms with van der Waals surface area (Å²) in [5, 5.41) is 2.91. The Balaban J connectivity index is 1.40. The molecule has 1 aliphatic heterocycles. The molecular weight excluding hydrogens is 374 g/mol. The Morgan fingerprint density at radius 3 is 2.61 bits per heavy atom. The van der Waals surface area contributed by atoms with Crippen LogP contribution in [0.5, 0.6) is 0 Å². The monoisotopic (exact) mass is 407 g/mol. The fourth-order valence-corrected chi connectivity index (χ4v) is 4.65. The van der Waals surface area contributed by atoms with Crippen molar-refractivity contribution < 1.29 is 13.2 Å². The summed E-state index contributed by atoms with van der Waals surface area (Å²) in [6.45, 7) is 6.86. The molecule has 7 heteroatoms. The first kappa shape index (κ1) is 21.3. The number of sulfonamides is 1. The molecule has 0 bridgehead atoms. The molecule has 2 fully saturated rings. The molecule has 2 N–H and O–H groups in total. The highest BCUT2D eigenvalue weighted by atomic mass is 32.2. The van der Waals surface area contributed by atoms with Gasteiger partial charge in [-0.2, -0.15) is 0 Å². The van der Waals surface area contributed by atoms with Crippen molar-refractivity contribution in [3.63, 3.8) is 0 Å². The number of nitrogens with zero attached hydrogens (tertiary/aromatic N) is 1. The standard InChI is InChI=1S/C21H33N3O3S/c1-17-9-13-24(14-10-17)12-3-2-11-22-21(25)19-5-4-6-20(15-19)28(26,27)23-16-18-7-8-18/h4-6,15,17-18,23H,2-3,7-14,16H2,1H3,(H,22,25). The van der Waals surface area contributed by atoms with Crippen LogP contribution in [0.2, 0.25) is 0 Å². The molecule has 1 saturated heterocycles. The number of nitrogens with one attached hydrogen (secondary N) is 2. The van der Waals surface area contributed by atoms with Gasteiger partial charge in [-0.1, -0.05) is 13.0 Å². The van der Waals surface area contributed by atoms with Crippen molar-refractivity contribution in [3.8, 4) is 0 Å². The highest BCUT2D eigenvalue weighted by Crippen LogP contribution is 2.28. The van der Waals surface area contributed by atoms with Gasteiger partial charge in [0.2, 0.25) is 10.0 Å². The maximum Gasteiger partial charge on any atom is 0.251 e. The lowest BCUT2D eigenvalue weighted by molar-refractivity contribution is 0.0952. The van der Waals surface area contributed by atoms with Crippen LogP contribution in [0.3, 0.4) is 0 Å². The first-order chi connectivity index (χ1) is 13.4. The number of piperidine rings is 1. The number of benzene rings is 1. The van der Waals surface area contributed by atoms with E-state index in [2.05, 4.69) is 21.9 Å². The molecule has 0 unspecified atom stereocenters. The lowest BCUT2D eigenvalue weighted by Crippen LogP contribution is -2.34. The van der Waals surface area contributed by atoms with E-state index in [1.54, 1.807) is 12.1 Å². The zero-order valence-corrected chi connectivity index (χ0v) is 17.6. The van der Waals surface area contributed by atoms with E-state index in [9.17, 15) is 13.2 Å². The molecule has 1 amide bonds. The SMILES string of the molecule is CC1CCN(CCCCNC(=O)c2cccc(S(=O)(=O)NCC3CC3)c2)CC1. The van der Waals surface area contributed by atoms with Crippen molar-refractivity contribution in [3.05, 3.63) is 29.8 Å². The van der Waals surface area contributed by atoms with Crippen LogP contribution in [-0.4, -0.2) is 51.9 Å². The summed E-state index contributed by atoms with van der Waals surface area (Å²) in [7, 11) is -3.55. The van der Waals surface area contributed by atoms with Gasteiger partial charge in [0.25, 0.3) is 5.91 Å². The maximum atomic E-state index is 12.4. The van der Waals surface area contributed by atoms with Crippen molar-refractivity contribution in [2.75, 3.05) is 32.7 Å². The quantitative estimate of drug-likeness (QED) is 0.585. The Kier molecular flexibility index (Phi) is 7.48. The molecule has 0 atom stereocenters. The van der Waals surface area contributed by atoms with Gasteiger partial charge >= 0.3 is 0 Å². The third kappa shape index (κ3) is 6.57. The van der Waals surface area contributed by atoms with Gasteiger partial charge in [0.15, 0.2) is 0 Å². The van der Waals surface area contributed by atoms with Crippen molar-refractivity contribution in [2.45, 2.75) is 50.3 Å². The van der Waals surface area contributed by atoms with E-state index in [1.165, 1.54) is 38.1 Å². The normalized spacial score (nSPS) is 18.9. The summed E-state index contributed by atoms with van der Waals surface area (Å²) < 4.78 is 27.4. The van der Waals surface area contributed by atoms with Crippen LogP contribution in [0, 0.1) is 11.8 Å². The lowest BCUT2D eigenvalue weighted by Gasteiger charge is -2.30. The van der Waals surface area contributed by atoms with Crippen molar-refractivity contribution in [1.29, 1.82) is 0 Å². The van der Waals surface area contributed by atoms with Gasteiger partial charge in [0.1, 0.15) is 0 Å². The molecule has 1 aromatic carbocycles. The first-order valence-corrected chi connectivity index (χ1v) is 12.0. The van der Waals surface area contributed by atoms with Gasteiger partial charge in [0.05, 0.1) is 4.90 Å². The topological polar surface area (TPSA) is 78.5 Å². The number of rotatable bonds is 10. The number of amides is 1. The Hall–Kier alpha value is -1.44. The molecule has 1 aliphatic carbocycles. The molecule has 28 heavy (non-hydrogen) atoms. The summed E-state index contributed by atoms with van der Waals surface area (Å²) >= 11 is 0. The lowest BCUT2D eigenvalue weighted by atomic mass is 9.99. The minimum absolute atomic E-state index is 0.153. The number of likely N-dealkylation sites (tertiary alicyclic amines) is 1. The third-order valence-corrected chi connectivity index (χ3v) is 7.15. The zero-order valence-electron chi connectivity index (χ0n) is 16.8. The Labute approximate surface area is 169 Å². The van der Waals surface area contributed by atoms with Crippen LogP contribution in [0.25, 0.3) is 0 Å². The Bertz CT molecular complexity index is 754. The predicted molar refractivity (Wildman–Crippen MR) is 111 cm³/mol. The highest BCUT2D eigenvalue weighted by Gasteiger charge is 2.24. The van der Waals surface area contributed by atoms with Gasteiger partial charge in [0, 0.05) is 18.7 Å². The summed E-state index contributed by atoms with van der Waals surface area (Å²) in [6.07, 6.45) is 6.73. The van der Waals surface area contributed by atoms with E-state index in [0.717, 1.165) is 38.1 Å². The van der Waals surface area contributed by atoms with E-state index >= 15 is 0 Å². The number of hydrogen-bond acceptors (Lipinski definition) is 4. The molecule has 156 valence electrons. The average Bonchev–Trinajstić information content (AvgIpc) is 3.52. The van der Waals surface area contributed by atoms with Crippen LogP contribution < -0.4 is 10.0 Å². The minimum Gasteiger partial charge on any atom is -0.352 e. The maximum absolute atomic E-state index is 12.4. The van der Waals surface area contributed by atoms with E-state index < -0.39 is 10.0 Å². The second-order valence-corrected chi connectivity index (χ2v) is 10.1. The van der Waals surface area contributed by atoms with Crippen LogP contribution >= 0.6 is 0 Å². The molecule has 3 rings (SSSR count). The molecule has 1 aromatic rings. The molecule has 6 nitrogen and oxygen atoms in total. The van der Waals surface area contributed by atoms with Gasteiger partial charge in [-0.05, 0) is 88.2 Å². The summed E-state index contributed by atoms with van der Waals surface area (Å²) in [5.41, 5.74) is 0.388. The second kappa shape index (κ2) is 9.85. The van der Waals surface area contributed by atoms with Gasteiger partial charge in [-0.15, -0.1) is 0 Å². The van der Waals surface area contributed by atoms with Crippen LogP contribution in [0.1, 0.15) is 55.8 Å². The van der Waals surface area contributed by atoms with E-state index in [0.29, 0.717) is 24.6 Å². The molecule has 0 aromatic heterocycles. The van der Waals surface area contributed by atoms with Crippen LogP contribution in [0.4, 0.5) is 0 Å². The van der Waals surface area contributed by atoms with Crippen molar-refractivity contribution >= 4 is 15.9 Å². The minimum atomic E-state index is -3.55. The smallest absolute Gasteiger partial charge is 0.251 e. The number of carbonyl (C=O) groups excluding carboxylic acids is 1. The van der Waals surface area contributed by atoms with Gasteiger partial charge in [-0.3, -0.25) is 4.79 Å². The van der Waals surface area contributed by atoms with Crippen LogP contribution in [0.15, 0.2) is 29.2 Å². The summed E-state index contributed by atoms with van der Waals surface area (Å²) in [5.74, 6) is 1.10. The number of unbranched alkanes of at least 4 members (excludes halogenated alkanes) is 1. The molecule has 1 heterocycles.